The third kappa shape index (κ3) is 3.50. The molecule has 0 unspecified atom stereocenters. The first-order valence-electron chi connectivity index (χ1n) is 7.25. The highest BCUT2D eigenvalue weighted by Crippen LogP contribution is 2.29. The van der Waals surface area contributed by atoms with Gasteiger partial charge in [0.15, 0.2) is 0 Å². The van der Waals surface area contributed by atoms with Crippen molar-refractivity contribution in [3.8, 4) is 11.3 Å². The summed E-state index contributed by atoms with van der Waals surface area (Å²) < 4.78 is 0. The molecule has 3 aromatic rings. The maximum Gasteiger partial charge on any atom is 0.255 e. The van der Waals surface area contributed by atoms with Gasteiger partial charge in [0.2, 0.25) is 0 Å². The molecule has 4 nitrogen and oxygen atoms in total. The van der Waals surface area contributed by atoms with Gasteiger partial charge in [-0.25, -0.2) is 0 Å². The largest absolute Gasteiger partial charge is 0.322 e. The maximum atomic E-state index is 12.3. The quantitative estimate of drug-likeness (QED) is 0.715. The summed E-state index contributed by atoms with van der Waals surface area (Å²) in [4.78, 5) is 27.2. The summed E-state index contributed by atoms with van der Waals surface area (Å²) >= 11 is 6.23. The molecule has 0 aliphatic rings. The Labute approximate surface area is 144 Å². The highest BCUT2D eigenvalue weighted by atomic mass is 35.5. The van der Waals surface area contributed by atoms with Crippen LogP contribution in [0.15, 0.2) is 66.9 Å². The molecule has 118 valence electrons. The first-order chi connectivity index (χ1) is 11.7. The van der Waals surface area contributed by atoms with Crippen molar-refractivity contribution in [1.82, 2.24) is 4.98 Å². The zero-order valence-corrected chi connectivity index (χ0v) is 13.3. The summed E-state index contributed by atoms with van der Waals surface area (Å²) in [6.07, 6.45) is 2.42. The molecule has 5 heteroatoms. The lowest BCUT2D eigenvalue weighted by molar-refractivity contribution is 0.102. The Kier molecular flexibility index (Phi) is 4.68. The number of anilines is 1. The second kappa shape index (κ2) is 7.06. The molecule has 0 saturated carbocycles. The number of nitrogens with one attached hydrogen (secondary N) is 1. The van der Waals surface area contributed by atoms with E-state index >= 15 is 0 Å². The summed E-state index contributed by atoms with van der Waals surface area (Å²) in [5.74, 6) is -0.262. The van der Waals surface area contributed by atoms with Crippen LogP contribution in [0, 0.1) is 0 Å². The molecule has 3 rings (SSSR count). The smallest absolute Gasteiger partial charge is 0.255 e. The van der Waals surface area contributed by atoms with Gasteiger partial charge in [0.25, 0.3) is 5.91 Å². The van der Waals surface area contributed by atoms with E-state index in [-0.39, 0.29) is 5.91 Å². The first kappa shape index (κ1) is 15.9. The fourth-order valence-electron chi connectivity index (χ4n) is 2.24. The SMILES string of the molecule is O=Cc1ccc(C(=O)Nc2ccc(Cl)c(-c3ccccn3)c2)cc1. The molecule has 0 aliphatic carbocycles. The molecule has 1 N–H and O–H groups in total. The number of pyridine rings is 1. The van der Waals surface area contributed by atoms with Crippen LogP contribution in [0.5, 0.6) is 0 Å². The van der Waals surface area contributed by atoms with E-state index in [0.717, 1.165) is 17.5 Å². The van der Waals surface area contributed by atoms with Crippen molar-refractivity contribution >= 4 is 29.5 Å². The predicted molar refractivity (Wildman–Crippen MR) is 94.5 cm³/mol. The standard InChI is InChI=1S/C19H13ClN2O2/c20-17-9-8-15(11-16(17)18-3-1-2-10-21-18)22-19(24)14-6-4-13(12-23)5-7-14/h1-12H,(H,22,24). The van der Waals surface area contributed by atoms with Gasteiger partial charge in [-0.2, -0.15) is 0 Å². The van der Waals surface area contributed by atoms with E-state index in [2.05, 4.69) is 10.3 Å². The maximum absolute atomic E-state index is 12.3. The van der Waals surface area contributed by atoms with Gasteiger partial charge in [0.05, 0.1) is 10.7 Å². The molecular weight excluding hydrogens is 324 g/mol. The molecule has 1 amide bonds. The van der Waals surface area contributed by atoms with E-state index in [1.54, 1.807) is 48.7 Å². The number of benzene rings is 2. The average Bonchev–Trinajstić information content (AvgIpc) is 2.64. The number of hydrogen-bond acceptors (Lipinski definition) is 3. The third-order valence-electron chi connectivity index (χ3n) is 3.47. The van der Waals surface area contributed by atoms with Gasteiger partial charge in [-0.3, -0.25) is 14.6 Å². The number of aldehydes is 1. The minimum absolute atomic E-state index is 0.262. The minimum atomic E-state index is -0.262. The molecule has 0 spiro atoms. The molecular formula is C19H13ClN2O2. The summed E-state index contributed by atoms with van der Waals surface area (Å²) in [6.45, 7) is 0. The van der Waals surface area contributed by atoms with Crippen molar-refractivity contribution < 1.29 is 9.59 Å². The number of rotatable bonds is 4. The van der Waals surface area contributed by atoms with Crippen molar-refractivity contribution in [3.05, 3.63) is 83.0 Å². The second-order valence-corrected chi connectivity index (χ2v) is 5.51. The van der Waals surface area contributed by atoms with Crippen LogP contribution in [-0.4, -0.2) is 17.2 Å². The van der Waals surface area contributed by atoms with Crippen molar-refractivity contribution in [2.24, 2.45) is 0 Å². The van der Waals surface area contributed by atoms with E-state index in [9.17, 15) is 9.59 Å². The summed E-state index contributed by atoms with van der Waals surface area (Å²) in [5, 5.41) is 3.38. The number of nitrogens with zero attached hydrogens (tertiary/aromatic N) is 1. The number of aromatic nitrogens is 1. The lowest BCUT2D eigenvalue weighted by Gasteiger charge is -2.09. The van der Waals surface area contributed by atoms with Crippen LogP contribution in [0.1, 0.15) is 20.7 Å². The van der Waals surface area contributed by atoms with Gasteiger partial charge in [0, 0.05) is 28.6 Å². The summed E-state index contributed by atoms with van der Waals surface area (Å²) in [7, 11) is 0. The lowest BCUT2D eigenvalue weighted by Crippen LogP contribution is -2.11. The number of halogens is 1. The topological polar surface area (TPSA) is 59.1 Å². The molecule has 0 fully saturated rings. The Morgan fingerprint density at radius 3 is 2.50 bits per heavy atom. The van der Waals surface area contributed by atoms with Gasteiger partial charge >= 0.3 is 0 Å². The first-order valence-corrected chi connectivity index (χ1v) is 7.63. The van der Waals surface area contributed by atoms with E-state index in [4.69, 9.17) is 11.6 Å². The average molecular weight is 337 g/mol. The molecule has 0 radical (unpaired) electrons. The number of amides is 1. The summed E-state index contributed by atoms with van der Waals surface area (Å²) in [5.41, 5.74) is 3.08. The highest BCUT2D eigenvalue weighted by molar-refractivity contribution is 6.33. The second-order valence-electron chi connectivity index (χ2n) is 5.10. The lowest BCUT2D eigenvalue weighted by atomic mass is 10.1. The van der Waals surface area contributed by atoms with E-state index in [0.29, 0.717) is 21.8 Å². The van der Waals surface area contributed by atoms with Crippen LogP contribution >= 0.6 is 11.6 Å². The van der Waals surface area contributed by atoms with E-state index < -0.39 is 0 Å². The van der Waals surface area contributed by atoms with Crippen LogP contribution in [0.4, 0.5) is 5.69 Å². The monoisotopic (exact) mass is 336 g/mol. The minimum Gasteiger partial charge on any atom is -0.322 e. The fraction of sp³-hybridized carbons (Fsp3) is 0. The normalized spacial score (nSPS) is 10.2. The van der Waals surface area contributed by atoms with E-state index in [1.807, 2.05) is 18.2 Å². The van der Waals surface area contributed by atoms with Gasteiger partial charge in [-0.1, -0.05) is 29.8 Å². The Balaban J connectivity index is 1.85. The van der Waals surface area contributed by atoms with Gasteiger partial charge in [0.1, 0.15) is 6.29 Å². The molecule has 24 heavy (non-hydrogen) atoms. The van der Waals surface area contributed by atoms with Crippen molar-refractivity contribution in [2.45, 2.75) is 0 Å². The number of carbonyl (C=O) groups excluding carboxylic acids is 2. The number of hydrogen-bond donors (Lipinski definition) is 1. The third-order valence-corrected chi connectivity index (χ3v) is 3.80. The Morgan fingerprint density at radius 1 is 1.04 bits per heavy atom. The van der Waals surface area contributed by atoms with Crippen molar-refractivity contribution in [2.75, 3.05) is 5.32 Å². The molecule has 0 aliphatic heterocycles. The highest BCUT2D eigenvalue weighted by Gasteiger charge is 2.09. The molecule has 2 aromatic carbocycles. The Bertz CT molecular complexity index is 878. The Hall–Kier alpha value is -2.98. The molecule has 0 atom stereocenters. The molecule has 1 heterocycles. The zero-order chi connectivity index (χ0) is 16.9. The molecule has 1 aromatic heterocycles. The predicted octanol–water partition coefficient (Wildman–Crippen LogP) is 4.47. The van der Waals surface area contributed by atoms with Gasteiger partial charge in [-0.05, 0) is 42.5 Å². The van der Waals surface area contributed by atoms with Crippen LogP contribution in [0.2, 0.25) is 5.02 Å². The van der Waals surface area contributed by atoms with Crippen LogP contribution in [-0.2, 0) is 0 Å². The summed E-state index contributed by atoms with van der Waals surface area (Å²) in [6, 6.07) is 17.2. The van der Waals surface area contributed by atoms with Crippen molar-refractivity contribution in [3.63, 3.8) is 0 Å². The van der Waals surface area contributed by atoms with Crippen LogP contribution < -0.4 is 5.32 Å². The van der Waals surface area contributed by atoms with Gasteiger partial charge in [-0.15, -0.1) is 0 Å². The van der Waals surface area contributed by atoms with Gasteiger partial charge < -0.3 is 5.32 Å². The van der Waals surface area contributed by atoms with E-state index in [1.165, 1.54) is 0 Å². The number of carbonyl (C=O) groups is 2. The zero-order valence-electron chi connectivity index (χ0n) is 12.6. The van der Waals surface area contributed by atoms with Crippen LogP contribution in [0.3, 0.4) is 0 Å². The van der Waals surface area contributed by atoms with Crippen molar-refractivity contribution in [1.29, 1.82) is 0 Å². The Morgan fingerprint density at radius 2 is 1.83 bits per heavy atom. The molecule has 0 bridgehead atoms. The van der Waals surface area contributed by atoms with Crippen LogP contribution in [0.25, 0.3) is 11.3 Å². The fourth-order valence-corrected chi connectivity index (χ4v) is 2.45. The molecule has 0 saturated heterocycles.